The highest BCUT2D eigenvalue weighted by atomic mass is 35.5. The molecule has 0 bridgehead atoms. The molecule has 0 fully saturated rings. The van der Waals surface area contributed by atoms with E-state index in [2.05, 4.69) is 5.32 Å². The number of amides is 3. The van der Waals surface area contributed by atoms with Gasteiger partial charge in [0, 0.05) is 12.1 Å². The summed E-state index contributed by atoms with van der Waals surface area (Å²) < 4.78 is 5.36. The van der Waals surface area contributed by atoms with Gasteiger partial charge >= 0.3 is 5.97 Å². The maximum Gasteiger partial charge on any atom is 0.330 e. The zero-order valence-corrected chi connectivity index (χ0v) is 24.5. The van der Waals surface area contributed by atoms with Crippen molar-refractivity contribution in [3.63, 3.8) is 0 Å². The Kier molecular flexibility index (Phi) is 9.41. The van der Waals surface area contributed by atoms with Crippen LogP contribution < -0.4 is 5.32 Å². The van der Waals surface area contributed by atoms with Crippen molar-refractivity contribution in [2.24, 2.45) is 0 Å². The molecule has 0 aromatic heterocycles. The first-order chi connectivity index (χ1) is 19.1. The molecule has 3 aromatic carbocycles. The Morgan fingerprint density at radius 1 is 0.800 bits per heavy atom. The van der Waals surface area contributed by atoms with Crippen LogP contribution >= 0.6 is 46.4 Å². The van der Waals surface area contributed by atoms with E-state index >= 15 is 0 Å². The molecule has 1 atom stereocenters. The second kappa shape index (κ2) is 12.6. The Balaban J connectivity index is 1.61. The average Bonchev–Trinajstić information content (AvgIpc) is 3.22. The number of ether oxygens (including phenoxy) is 1. The molecule has 0 aliphatic carbocycles. The quantitative estimate of drug-likeness (QED) is 0.123. The molecule has 1 aliphatic heterocycles. The molecule has 7 nitrogen and oxygen atoms in total. The largest absolute Gasteiger partial charge is 0.454 e. The van der Waals surface area contributed by atoms with Crippen LogP contribution in [0.15, 0.2) is 48.5 Å². The fourth-order valence-electron chi connectivity index (χ4n) is 4.58. The van der Waals surface area contributed by atoms with Gasteiger partial charge in [-0.15, -0.1) is 0 Å². The number of fused-ring (bicyclic) bond motifs is 1. The van der Waals surface area contributed by atoms with Crippen LogP contribution in [0.1, 0.15) is 51.3 Å². The summed E-state index contributed by atoms with van der Waals surface area (Å²) in [4.78, 5) is 53.9. The Hall–Kier alpha value is -3.10. The van der Waals surface area contributed by atoms with E-state index in [4.69, 9.17) is 51.1 Å². The number of halogens is 4. The van der Waals surface area contributed by atoms with Gasteiger partial charge in [0.15, 0.2) is 6.61 Å². The fourth-order valence-corrected chi connectivity index (χ4v) is 5.59. The maximum atomic E-state index is 13.5. The third kappa shape index (κ3) is 5.70. The van der Waals surface area contributed by atoms with Crippen molar-refractivity contribution >= 4 is 75.8 Å². The average molecular weight is 622 g/mol. The molecule has 1 aliphatic rings. The third-order valence-electron chi connectivity index (χ3n) is 6.60. The van der Waals surface area contributed by atoms with E-state index in [-0.39, 0.29) is 37.6 Å². The van der Waals surface area contributed by atoms with Gasteiger partial charge in [-0.2, -0.15) is 0 Å². The first-order valence-electron chi connectivity index (χ1n) is 12.5. The zero-order chi connectivity index (χ0) is 29.1. The molecule has 1 heterocycles. The van der Waals surface area contributed by atoms with E-state index in [9.17, 15) is 19.2 Å². The standard InChI is InChI=1S/C29H24Cl4N2O5/c1-3-16-11-8-12-17(4-2)26(16)34-19(36)14-40-29(39)18(13-15-9-6-5-7-10-15)35-27(37)20-21(28(35)38)23(31)25(33)24(32)22(20)30/h5-12,18H,3-4,13-14H2,1-2H3,(H,34,36). The maximum absolute atomic E-state index is 13.5. The van der Waals surface area contributed by atoms with Gasteiger partial charge in [0.25, 0.3) is 17.7 Å². The van der Waals surface area contributed by atoms with Crippen molar-refractivity contribution < 1.29 is 23.9 Å². The van der Waals surface area contributed by atoms with E-state index in [1.54, 1.807) is 30.3 Å². The molecular formula is C29H24Cl4N2O5. The minimum absolute atomic E-state index is 0.0812. The highest BCUT2D eigenvalue weighted by Crippen LogP contribution is 2.45. The summed E-state index contributed by atoms with van der Waals surface area (Å²) in [7, 11) is 0. The van der Waals surface area contributed by atoms with Gasteiger partial charge in [0.05, 0.1) is 31.2 Å². The third-order valence-corrected chi connectivity index (χ3v) is 8.40. The number of hydrogen-bond acceptors (Lipinski definition) is 5. The minimum Gasteiger partial charge on any atom is -0.454 e. The zero-order valence-electron chi connectivity index (χ0n) is 21.5. The molecule has 1 N–H and O–H groups in total. The number of esters is 1. The molecule has 0 saturated heterocycles. The second-order valence-electron chi connectivity index (χ2n) is 9.01. The lowest BCUT2D eigenvalue weighted by atomic mass is 10.0. The summed E-state index contributed by atoms with van der Waals surface area (Å²) in [5.74, 6) is -3.28. The van der Waals surface area contributed by atoms with Crippen LogP contribution in [0.3, 0.4) is 0 Å². The number of nitrogens with one attached hydrogen (secondary N) is 1. The Bertz CT molecular complexity index is 1440. The first-order valence-corrected chi connectivity index (χ1v) is 14.0. The van der Waals surface area contributed by atoms with E-state index in [1.807, 2.05) is 32.0 Å². The lowest BCUT2D eigenvalue weighted by molar-refractivity contribution is -0.151. The first kappa shape index (κ1) is 29.9. The normalized spacial score (nSPS) is 13.3. The van der Waals surface area contributed by atoms with Crippen molar-refractivity contribution in [1.29, 1.82) is 0 Å². The lowest BCUT2D eigenvalue weighted by Gasteiger charge is -2.25. The molecule has 11 heteroatoms. The fraction of sp³-hybridized carbons (Fsp3) is 0.241. The summed E-state index contributed by atoms with van der Waals surface area (Å²) in [6.07, 6.45) is 1.31. The molecule has 0 spiro atoms. The van der Waals surface area contributed by atoms with Gasteiger partial charge < -0.3 is 10.1 Å². The van der Waals surface area contributed by atoms with Crippen LogP contribution in [0, 0.1) is 0 Å². The summed E-state index contributed by atoms with van der Waals surface area (Å²) in [6.45, 7) is 3.31. The lowest BCUT2D eigenvalue weighted by Crippen LogP contribution is -2.47. The number of hydrogen-bond donors (Lipinski definition) is 1. The van der Waals surface area contributed by atoms with E-state index < -0.39 is 36.3 Å². The number of benzene rings is 3. The van der Waals surface area contributed by atoms with E-state index in [1.165, 1.54) is 0 Å². The number of para-hydroxylation sites is 1. The van der Waals surface area contributed by atoms with E-state index in [0.717, 1.165) is 16.0 Å². The van der Waals surface area contributed by atoms with E-state index in [0.29, 0.717) is 24.1 Å². The highest BCUT2D eigenvalue weighted by Gasteiger charge is 2.47. The Labute approximate surface area is 251 Å². The number of imide groups is 1. The van der Waals surface area contributed by atoms with Gasteiger partial charge in [0.2, 0.25) is 0 Å². The van der Waals surface area contributed by atoms with Crippen LogP contribution in [0.2, 0.25) is 20.1 Å². The predicted molar refractivity (Wildman–Crippen MR) is 156 cm³/mol. The van der Waals surface area contributed by atoms with Crippen molar-refractivity contribution in [1.82, 2.24) is 4.90 Å². The number of carbonyl (C=O) groups is 4. The summed E-state index contributed by atoms with van der Waals surface area (Å²) in [5.41, 5.74) is 2.70. The number of rotatable bonds is 9. The number of nitrogens with zero attached hydrogens (tertiary/aromatic N) is 1. The molecule has 0 radical (unpaired) electrons. The second-order valence-corrected chi connectivity index (χ2v) is 10.5. The van der Waals surface area contributed by atoms with Crippen LogP contribution in [-0.4, -0.2) is 41.2 Å². The Morgan fingerprint density at radius 3 is 1.82 bits per heavy atom. The molecule has 0 saturated carbocycles. The summed E-state index contributed by atoms with van der Waals surface area (Å²) in [5, 5.41) is 1.95. The summed E-state index contributed by atoms with van der Waals surface area (Å²) >= 11 is 24.8. The van der Waals surface area contributed by atoms with Gasteiger partial charge in [-0.25, -0.2) is 4.79 Å². The summed E-state index contributed by atoms with van der Waals surface area (Å²) in [6, 6.07) is 13.0. The molecule has 1 unspecified atom stereocenters. The topological polar surface area (TPSA) is 92.8 Å². The predicted octanol–water partition coefficient (Wildman–Crippen LogP) is 6.81. The molecule has 208 valence electrons. The Morgan fingerprint density at radius 2 is 1.32 bits per heavy atom. The number of aryl methyl sites for hydroxylation is 2. The van der Waals surface area contributed by atoms with Gasteiger partial charge in [-0.3, -0.25) is 19.3 Å². The van der Waals surface area contributed by atoms with Crippen LogP contribution in [0.25, 0.3) is 0 Å². The molecular weight excluding hydrogens is 598 g/mol. The smallest absolute Gasteiger partial charge is 0.330 e. The van der Waals surface area contributed by atoms with Crippen LogP contribution in [0.4, 0.5) is 5.69 Å². The molecule has 3 amide bonds. The van der Waals surface area contributed by atoms with Gasteiger partial charge in [0.1, 0.15) is 6.04 Å². The molecule has 4 rings (SSSR count). The van der Waals surface area contributed by atoms with Gasteiger partial charge in [-0.1, -0.05) is 109 Å². The van der Waals surface area contributed by atoms with Gasteiger partial charge in [-0.05, 0) is 29.5 Å². The van der Waals surface area contributed by atoms with Crippen LogP contribution in [0.5, 0.6) is 0 Å². The highest BCUT2D eigenvalue weighted by molar-refractivity contribution is 6.55. The molecule has 40 heavy (non-hydrogen) atoms. The minimum atomic E-state index is -1.43. The SMILES string of the molecule is CCc1cccc(CC)c1NC(=O)COC(=O)C(Cc1ccccc1)N1C(=O)c2c(Cl)c(Cl)c(Cl)c(Cl)c2C1=O. The van der Waals surface area contributed by atoms with Crippen LogP contribution in [-0.2, 0) is 33.6 Å². The van der Waals surface area contributed by atoms with Crippen molar-refractivity contribution in [2.45, 2.75) is 39.2 Å². The number of anilines is 1. The number of carbonyl (C=O) groups excluding carboxylic acids is 4. The monoisotopic (exact) mass is 620 g/mol. The molecule has 3 aromatic rings. The van der Waals surface area contributed by atoms with Crippen molar-refractivity contribution in [2.75, 3.05) is 11.9 Å². The van der Waals surface area contributed by atoms with Crippen molar-refractivity contribution in [3.8, 4) is 0 Å². The van der Waals surface area contributed by atoms with Crippen molar-refractivity contribution in [3.05, 3.63) is 96.4 Å².